The van der Waals surface area contributed by atoms with E-state index in [0.717, 1.165) is 11.2 Å². The largest absolute Gasteiger partial charge is 0.496 e. The summed E-state index contributed by atoms with van der Waals surface area (Å²) in [4.78, 5) is 16.5. The lowest BCUT2D eigenvalue weighted by Crippen LogP contribution is -2.09. The second kappa shape index (κ2) is 6.93. The summed E-state index contributed by atoms with van der Waals surface area (Å²) < 4.78 is 12.5. The summed E-state index contributed by atoms with van der Waals surface area (Å²) >= 11 is 5.97. The summed E-state index contributed by atoms with van der Waals surface area (Å²) in [6, 6.07) is 9.07. The number of aromatic nitrogens is 2. The molecule has 0 saturated heterocycles. The number of rotatable bonds is 5. The maximum Gasteiger partial charge on any atom is 0.310 e. The minimum Gasteiger partial charge on any atom is -0.496 e. The molecule has 0 saturated carbocycles. The van der Waals surface area contributed by atoms with Crippen LogP contribution in [0.25, 0.3) is 5.65 Å². The lowest BCUT2D eigenvalue weighted by Gasteiger charge is -2.08. The molecule has 3 aromatic rings. The first-order valence-electron chi connectivity index (χ1n) is 7.47. The van der Waals surface area contributed by atoms with Crippen LogP contribution in [0.15, 0.2) is 42.7 Å². The van der Waals surface area contributed by atoms with Gasteiger partial charge in [0.1, 0.15) is 18.0 Å². The first-order chi connectivity index (χ1) is 11.5. The van der Waals surface area contributed by atoms with Crippen LogP contribution in [0.3, 0.4) is 0 Å². The molecule has 2 aromatic heterocycles. The summed E-state index contributed by atoms with van der Waals surface area (Å²) in [5, 5.41) is 0.550. The van der Waals surface area contributed by atoms with Crippen molar-refractivity contribution in [3.05, 3.63) is 64.6 Å². The van der Waals surface area contributed by atoms with Gasteiger partial charge in [-0.2, -0.15) is 0 Å². The van der Waals surface area contributed by atoms with Gasteiger partial charge in [0.25, 0.3) is 0 Å². The Kier molecular flexibility index (Phi) is 4.71. The third-order valence-electron chi connectivity index (χ3n) is 3.61. The smallest absolute Gasteiger partial charge is 0.310 e. The zero-order chi connectivity index (χ0) is 17.1. The molecule has 1 aromatic carbocycles. The van der Waals surface area contributed by atoms with Crippen molar-refractivity contribution in [2.75, 3.05) is 7.11 Å². The maximum atomic E-state index is 12.1. The fourth-order valence-corrected chi connectivity index (χ4v) is 2.67. The molecule has 0 atom stereocenters. The van der Waals surface area contributed by atoms with Gasteiger partial charge in [0.05, 0.1) is 19.2 Å². The Morgan fingerprint density at radius 3 is 2.88 bits per heavy atom. The Balaban J connectivity index is 1.65. The number of benzene rings is 1. The van der Waals surface area contributed by atoms with Crippen molar-refractivity contribution in [1.82, 2.24) is 9.38 Å². The van der Waals surface area contributed by atoms with Crippen molar-refractivity contribution in [3.63, 3.8) is 0 Å². The van der Waals surface area contributed by atoms with Crippen molar-refractivity contribution in [2.45, 2.75) is 20.0 Å². The number of carbonyl (C=O) groups is 1. The van der Waals surface area contributed by atoms with Gasteiger partial charge in [-0.1, -0.05) is 17.7 Å². The highest BCUT2D eigenvalue weighted by molar-refractivity contribution is 6.30. The highest BCUT2D eigenvalue weighted by Crippen LogP contribution is 2.23. The highest BCUT2D eigenvalue weighted by Gasteiger charge is 2.12. The van der Waals surface area contributed by atoms with Crippen LogP contribution in [0.4, 0.5) is 0 Å². The van der Waals surface area contributed by atoms with Gasteiger partial charge in [-0.05, 0) is 36.8 Å². The molecular weight excluding hydrogens is 328 g/mol. The van der Waals surface area contributed by atoms with Crippen molar-refractivity contribution in [3.8, 4) is 5.75 Å². The highest BCUT2D eigenvalue weighted by atomic mass is 35.5. The molecule has 0 unspecified atom stereocenters. The average molecular weight is 345 g/mol. The Labute approximate surface area is 144 Å². The van der Waals surface area contributed by atoms with Crippen LogP contribution in [-0.4, -0.2) is 22.5 Å². The number of nitrogens with zero attached hydrogens (tertiary/aromatic N) is 2. The van der Waals surface area contributed by atoms with Crippen LogP contribution < -0.4 is 4.74 Å². The van der Waals surface area contributed by atoms with E-state index < -0.39 is 0 Å². The third-order valence-corrected chi connectivity index (χ3v) is 3.84. The number of esters is 1. The fourth-order valence-electron chi connectivity index (χ4n) is 2.47. The van der Waals surface area contributed by atoms with Gasteiger partial charge in [-0.15, -0.1) is 0 Å². The number of fused-ring (bicyclic) bond motifs is 1. The number of imidazole rings is 1. The zero-order valence-electron chi connectivity index (χ0n) is 13.5. The van der Waals surface area contributed by atoms with Crippen LogP contribution in [0.1, 0.15) is 16.8 Å². The van der Waals surface area contributed by atoms with Gasteiger partial charge >= 0.3 is 5.97 Å². The van der Waals surface area contributed by atoms with Crippen LogP contribution in [0, 0.1) is 6.92 Å². The van der Waals surface area contributed by atoms with Gasteiger partial charge < -0.3 is 13.9 Å². The Morgan fingerprint density at radius 1 is 1.25 bits per heavy atom. The van der Waals surface area contributed by atoms with Crippen LogP contribution in [0.5, 0.6) is 5.75 Å². The third kappa shape index (κ3) is 3.68. The predicted octanol–water partition coefficient (Wildman–Crippen LogP) is 3.59. The van der Waals surface area contributed by atoms with E-state index in [1.165, 1.54) is 0 Å². The molecule has 0 radical (unpaired) electrons. The standard InChI is InChI=1S/C18H17ClN2O3/c1-12-3-6-17-20-15(10-21(17)9-12)11-24-18(22)8-13-7-14(19)4-5-16(13)23-2/h3-7,9-10H,8,11H2,1-2H3. The van der Waals surface area contributed by atoms with Gasteiger partial charge in [0, 0.05) is 23.0 Å². The second-order valence-corrected chi connectivity index (χ2v) is 5.93. The molecule has 0 spiro atoms. The summed E-state index contributed by atoms with van der Waals surface area (Å²) in [6.07, 6.45) is 3.93. The molecule has 0 amide bonds. The quantitative estimate of drug-likeness (QED) is 0.664. The molecule has 3 rings (SSSR count). The Bertz CT molecular complexity index is 889. The van der Waals surface area contributed by atoms with E-state index in [9.17, 15) is 4.79 Å². The summed E-state index contributed by atoms with van der Waals surface area (Å²) in [6.45, 7) is 2.14. The predicted molar refractivity (Wildman–Crippen MR) is 91.4 cm³/mol. The summed E-state index contributed by atoms with van der Waals surface area (Å²) in [5.41, 5.74) is 3.35. The number of hydrogen-bond acceptors (Lipinski definition) is 4. The molecule has 0 aliphatic rings. The van der Waals surface area contributed by atoms with Crippen molar-refractivity contribution in [1.29, 1.82) is 0 Å². The molecule has 0 fully saturated rings. The number of ether oxygens (including phenoxy) is 2. The lowest BCUT2D eigenvalue weighted by atomic mass is 10.1. The lowest BCUT2D eigenvalue weighted by molar-refractivity contribution is -0.144. The van der Waals surface area contributed by atoms with E-state index in [1.54, 1.807) is 25.3 Å². The van der Waals surface area contributed by atoms with E-state index in [0.29, 0.717) is 22.0 Å². The Morgan fingerprint density at radius 2 is 2.08 bits per heavy atom. The normalized spacial score (nSPS) is 10.8. The van der Waals surface area contributed by atoms with Crippen molar-refractivity contribution < 1.29 is 14.3 Å². The molecule has 5 nitrogen and oxygen atoms in total. The van der Waals surface area contributed by atoms with E-state index in [-0.39, 0.29) is 19.0 Å². The molecule has 0 bridgehead atoms. The number of methoxy groups -OCH3 is 1. The van der Waals surface area contributed by atoms with Gasteiger partial charge in [0.2, 0.25) is 0 Å². The van der Waals surface area contributed by atoms with Crippen molar-refractivity contribution >= 4 is 23.2 Å². The number of aryl methyl sites for hydroxylation is 1. The van der Waals surface area contributed by atoms with Crippen LogP contribution in [0.2, 0.25) is 5.02 Å². The minimum absolute atomic E-state index is 0.0935. The number of pyridine rings is 1. The number of hydrogen-bond donors (Lipinski definition) is 0. The SMILES string of the molecule is COc1ccc(Cl)cc1CC(=O)OCc1cn2cc(C)ccc2n1. The van der Waals surface area contributed by atoms with Gasteiger partial charge in [-0.3, -0.25) is 4.79 Å². The maximum absolute atomic E-state index is 12.1. The molecule has 0 aliphatic heterocycles. The minimum atomic E-state index is -0.358. The molecule has 6 heteroatoms. The molecular formula is C18H17ClN2O3. The fraction of sp³-hybridized carbons (Fsp3) is 0.222. The number of halogens is 1. The molecule has 24 heavy (non-hydrogen) atoms. The Hall–Kier alpha value is -2.53. The van der Waals surface area contributed by atoms with Crippen LogP contribution >= 0.6 is 11.6 Å². The molecule has 2 heterocycles. The van der Waals surface area contributed by atoms with Gasteiger partial charge in [-0.25, -0.2) is 4.98 Å². The number of carbonyl (C=O) groups excluding carboxylic acids is 1. The molecule has 0 N–H and O–H groups in total. The van der Waals surface area contributed by atoms with E-state index in [1.807, 2.05) is 35.9 Å². The molecule has 124 valence electrons. The monoisotopic (exact) mass is 344 g/mol. The first kappa shape index (κ1) is 16.3. The van der Waals surface area contributed by atoms with E-state index in [4.69, 9.17) is 21.1 Å². The zero-order valence-corrected chi connectivity index (χ0v) is 14.2. The van der Waals surface area contributed by atoms with E-state index >= 15 is 0 Å². The average Bonchev–Trinajstić information content (AvgIpc) is 2.95. The van der Waals surface area contributed by atoms with Crippen molar-refractivity contribution in [2.24, 2.45) is 0 Å². The summed E-state index contributed by atoms with van der Waals surface area (Å²) in [5.74, 6) is 0.253. The topological polar surface area (TPSA) is 52.8 Å². The van der Waals surface area contributed by atoms with Gasteiger partial charge in [0.15, 0.2) is 0 Å². The first-order valence-corrected chi connectivity index (χ1v) is 7.85. The van der Waals surface area contributed by atoms with Crippen LogP contribution in [-0.2, 0) is 22.6 Å². The van der Waals surface area contributed by atoms with E-state index in [2.05, 4.69) is 4.98 Å². The summed E-state index contributed by atoms with van der Waals surface area (Å²) in [7, 11) is 1.55. The second-order valence-electron chi connectivity index (χ2n) is 5.50. The molecule has 0 aliphatic carbocycles.